The first-order valence-corrected chi connectivity index (χ1v) is 14.0. The zero-order valence-electron chi connectivity index (χ0n) is 23.3. The number of aliphatic hydroxyl groups excluding tert-OH is 3. The first-order chi connectivity index (χ1) is 21.4. The predicted octanol–water partition coefficient (Wildman–Crippen LogP) is 2.01. The molecule has 1 aliphatic carbocycles. The van der Waals surface area contributed by atoms with Crippen molar-refractivity contribution in [3.8, 4) is 11.1 Å². The quantitative estimate of drug-likeness (QED) is 0.213. The van der Waals surface area contributed by atoms with Gasteiger partial charge in [-0.3, -0.25) is 9.36 Å². The predicted molar refractivity (Wildman–Crippen MR) is 158 cm³/mol. The van der Waals surface area contributed by atoms with Gasteiger partial charge in [0, 0.05) is 17.7 Å². The molecule has 1 aliphatic heterocycles. The monoisotopic (exact) mass is 598 g/mol. The molecule has 2 heterocycles. The van der Waals surface area contributed by atoms with E-state index in [-0.39, 0.29) is 18.3 Å². The van der Waals surface area contributed by atoms with Gasteiger partial charge in [0.05, 0.1) is 6.61 Å². The minimum atomic E-state index is -1.64. The first kappa shape index (κ1) is 29.2. The number of hydrogen-bond donors (Lipinski definition) is 5. The molecular weight excluding hydrogens is 568 g/mol. The topological polar surface area (TPSA) is 172 Å². The number of amides is 2. The number of carbonyl (C=O) groups is 2. The van der Waals surface area contributed by atoms with Gasteiger partial charge in [-0.25, -0.2) is 9.59 Å². The second-order valence-electron chi connectivity index (χ2n) is 10.5. The van der Waals surface area contributed by atoms with E-state index in [4.69, 9.17) is 9.47 Å². The normalized spacial score (nSPS) is 22.5. The minimum absolute atomic E-state index is 0.00662. The molecule has 2 aliphatic rings. The number of ether oxygens (including phenoxy) is 2. The van der Waals surface area contributed by atoms with Gasteiger partial charge in [0.25, 0.3) is 5.91 Å². The highest BCUT2D eigenvalue weighted by atomic mass is 16.6. The summed E-state index contributed by atoms with van der Waals surface area (Å²) in [5, 5.41) is 36.3. The van der Waals surface area contributed by atoms with Crippen LogP contribution in [-0.2, 0) is 9.47 Å². The summed E-state index contributed by atoms with van der Waals surface area (Å²) in [6.45, 7) is -0.673. The van der Waals surface area contributed by atoms with Gasteiger partial charge in [-0.15, -0.1) is 0 Å². The van der Waals surface area contributed by atoms with E-state index in [1.807, 2.05) is 48.5 Å². The summed E-state index contributed by atoms with van der Waals surface area (Å²) < 4.78 is 12.4. The van der Waals surface area contributed by atoms with Crippen LogP contribution in [0.3, 0.4) is 0 Å². The fraction of sp³-hybridized carbons (Fsp3) is 0.250. The highest BCUT2D eigenvalue weighted by Gasteiger charge is 2.46. The van der Waals surface area contributed by atoms with Crippen molar-refractivity contribution >= 4 is 17.8 Å². The average Bonchev–Trinajstić information content (AvgIpc) is 3.37. The molecule has 44 heavy (non-hydrogen) atoms. The van der Waals surface area contributed by atoms with Crippen LogP contribution < -0.4 is 16.3 Å². The van der Waals surface area contributed by atoms with E-state index in [0.29, 0.717) is 5.56 Å². The molecule has 1 saturated heterocycles. The third-order valence-electron chi connectivity index (χ3n) is 7.91. The fourth-order valence-electron chi connectivity index (χ4n) is 5.72. The molecule has 0 unspecified atom stereocenters. The highest BCUT2D eigenvalue weighted by molar-refractivity contribution is 6.03. The van der Waals surface area contributed by atoms with Crippen molar-refractivity contribution in [3.63, 3.8) is 0 Å². The second kappa shape index (κ2) is 12.4. The lowest BCUT2D eigenvalue weighted by atomic mass is 9.96. The molecular formula is C32H30N4O8. The number of fused-ring (bicyclic) bond motifs is 3. The Kier molecular flexibility index (Phi) is 8.22. The summed E-state index contributed by atoms with van der Waals surface area (Å²) in [6.07, 6.45) is -5.51. The lowest BCUT2D eigenvalue weighted by Crippen LogP contribution is -2.63. The Hall–Kier alpha value is -4.88. The van der Waals surface area contributed by atoms with Crippen molar-refractivity contribution in [2.75, 3.05) is 18.5 Å². The Balaban J connectivity index is 1.20. The van der Waals surface area contributed by atoms with Crippen LogP contribution in [-0.4, -0.2) is 74.4 Å². The molecule has 1 fully saturated rings. The van der Waals surface area contributed by atoms with Crippen LogP contribution in [0.1, 0.15) is 33.6 Å². The van der Waals surface area contributed by atoms with Crippen LogP contribution in [0.4, 0.5) is 10.6 Å². The lowest BCUT2D eigenvalue weighted by Gasteiger charge is -2.42. The van der Waals surface area contributed by atoms with Crippen molar-refractivity contribution in [2.45, 2.75) is 36.5 Å². The van der Waals surface area contributed by atoms with Crippen molar-refractivity contribution in [1.82, 2.24) is 14.9 Å². The van der Waals surface area contributed by atoms with Gasteiger partial charge in [-0.2, -0.15) is 4.98 Å². The molecule has 5 N–H and O–H groups in total. The summed E-state index contributed by atoms with van der Waals surface area (Å²) in [6, 6.07) is 24.1. The van der Waals surface area contributed by atoms with Crippen molar-refractivity contribution < 1.29 is 34.4 Å². The third kappa shape index (κ3) is 5.58. The minimum Gasteiger partial charge on any atom is -0.449 e. The van der Waals surface area contributed by atoms with Gasteiger partial charge < -0.3 is 35.4 Å². The smallest absolute Gasteiger partial charge is 0.407 e. The maximum absolute atomic E-state index is 13.1. The van der Waals surface area contributed by atoms with E-state index in [1.54, 1.807) is 30.3 Å². The number of aromatic nitrogens is 2. The highest BCUT2D eigenvalue weighted by Crippen LogP contribution is 2.44. The van der Waals surface area contributed by atoms with Gasteiger partial charge in [0.2, 0.25) is 0 Å². The van der Waals surface area contributed by atoms with E-state index >= 15 is 0 Å². The maximum atomic E-state index is 13.1. The molecule has 0 bridgehead atoms. The molecule has 0 spiro atoms. The van der Waals surface area contributed by atoms with Gasteiger partial charge in [0.15, 0.2) is 6.23 Å². The number of anilines is 1. The largest absolute Gasteiger partial charge is 0.449 e. The lowest BCUT2D eigenvalue weighted by molar-refractivity contribution is -0.216. The van der Waals surface area contributed by atoms with Gasteiger partial charge in [-0.05, 0) is 40.5 Å². The number of carbonyl (C=O) groups excluding carboxylic acids is 2. The molecule has 1 aromatic heterocycles. The molecule has 12 nitrogen and oxygen atoms in total. The Morgan fingerprint density at radius 2 is 1.52 bits per heavy atom. The van der Waals surface area contributed by atoms with Gasteiger partial charge in [0.1, 0.15) is 36.8 Å². The Morgan fingerprint density at radius 1 is 0.886 bits per heavy atom. The van der Waals surface area contributed by atoms with Crippen LogP contribution in [0.15, 0.2) is 95.9 Å². The number of hydrogen-bond acceptors (Lipinski definition) is 9. The van der Waals surface area contributed by atoms with Crippen LogP contribution in [0.2, 0.25) is 0 Å². The fourth-order valence-corrected chi connectivity index (χ4v) is 5.72. The van der Waals surface area contributed by atoms with Crippen molar-refractivity contribution in [2.24, 2.45) is 0 Å². The Morgan fingerprint density at radius 3 is 2.16 bits per heavy atom. The summed E-state index contributed by atoms with van der Waals surface area (Å²) in [4.78, 5) is 42.6. The number of nitrogens with one attached hydrogen (secondary N) is 2. The van der Waals surface area contributed by atoms with Crippen LogP contribution in [0.25, 0.3) is 11.1 Å². The standard InChI is InChI=1S/C32H30N4O8/c37-16-24-27(38)28(39)26(30(44-24)36-15-14-25(34-31(36)41)33-29(40)18-8-2-1-3-9-18)35-32(42)43-17-23-21-12-6-4-10-19(21)20-11-5-7-13-22(20)23/h1-15,23-24,26-28,30,37-39H,16-17H2,(H,35,42)(H,33,34,40,41)/t24-,26-,27-,28-,30-/m1/s1. The van der Waals surface area contributed by atoms with E-state index in [2.05, 4.69) is 15.6 Å². The molecule has 12 heteroatoms. The van der Waals surface area contributed by atoms with Crippen molar-refractivity contribution in [1.29, 1.82) is 0 Å². The number of aliphatic hydroxyl groups is 3. The molecule has 0 saturated carbocycles. The van der Waals surface area contributed by atoms with Gasteiger partial charge in [-0.1, -0.05) is 66.7 Å². The van der Waals surface area contributed by atoms with E-state index in [9.17, 15) is 29.7 Å². The van der Waals surface area contributed by atoms with Gasteiger partial charge >= 0.3 is 11.8 Å². The SMILES string of the molecule is O=C(N[C@@H]1[C@@H](O)[C@H](O)[C@@H](CO)O[C@H]1n1ccc(NC(=O)c2ccccc2)nc1=O)OCC1c2ccccc2-c2ccccc21. The Bertz CT molecular complexity index is 1680. The summed E-state index contributed by atoms with van der Waals surface area (Å²) >= 11 is 0. The van der Waals surface area contributed by atoms with Crippen LogP contribution >= 0.6 is 0 Å². The zero-order valence-corrected chi connectivity index (χ0v) is 23.3. The molecule has 4 aromatic rings. The second-order valence-corrected chi connectivity index (χ2v) is 10.5. The number of alkyl carbamates (subject to hydrolysis) is 1. The summed E-state index contributed by atoms with van der Waals surface area (Å²) in [5.74, 6) is -0.722. The maximum Gasteiger partial charge on any atom is 0.407 e. The van der Waals surface area contributed by atoms with E-state index in [0.717, 1.165) is 26.8 Å². The molecule has 6 rings (SSSR count). The summed E-state index contributed by atoms with van der Waals surface area (Å²) in [5.41, 5.74) is 3.63. The van der Waals surface area contributed by atoms with Crippen LogP contribution in [0, 0.1) is 0 Å². The van der Waals surface area contributed by atoms with E-state index < -0.39 is 54.9 Å². The van der Waals surface area contributed by atoms with Crippen molar-refractivity contribution in [3.05, 3.63) is 118 Å². The molecule has 3 aromatic carbocycles. The first-order valence-electron chi connectivity index (χ1n) is 14.0. The molecule has 0 radical (unpaired) electrons. The third-order valence-corrected chi connectivity index (χ3v) is 7.91. The number of rotatable bonds is 7. The number of nitrogens with zero attached hydrogens (tertiary/aromatic N) is 2. The molecule has 5 atom stereocenters. The zero-order chi connectivity index (χ0) is 30.8. The molecule has 226 valence electrons. The number of benzene rings is 3. The Labute approximate surface area is 251 Å². The summed E-state index contributed by atoms with van der Waals surface area (Å²) in [7, 11) is 0. The average molecular weight is 599 g/mol. The van der Waals surface area contributed by atoms with Crippen LogP contribution in [0.5, 0.6) is 0 Å². The van der Waals surface area contributed by atoms with E-state index in [1.165, 1.54) is 12.3 Å². The molecule has 2 amide bonds.